The number of nitrogens with one attached hydrogen (secondary N) is 2. The lowest BCUT2D eigenvalue weighted by Gasteiger charge is -2.17. The van der Waals surface area contributed by atoms with Crippen molar-refractivity contribution in [3.05, 3.63) is 10.7 Å². The molecule has 0 aromatic carbocycles. The highest BCUT2D eigenvalue weighted by Gasteiger charge is 2.18. The third kappa shape index (κ3) is 6.58. The number of hydrogen-bond acceptors (Lipinski definition) is 4. The number of amides is 1. The monoisotopic (exact) mass is 260 g/mol. The number of thioether (sulfide) groups is 1. The molecule has 0 radical (unpaired) electrons. The summed E-state index contributed by atoms with van der Waals surface area (Å²) >= 11 is 1.48. The van der Waals surface area contributed by atoms with Crippen molar-refractivity contribution in [2.45, 2.75) is 46.0 Å². The zero-order valence-electron chi connectivity index (χ0n) is 11.6. The maximum Gasteiger partial charge on any atom is 0.261 e. The Labute approximate surface area is 109 Å². The SMILES string of the molecule is CCNC(C)S/C(C(=O)NC(C)C)=C(\C)OC. The fourth-order valence-electron chi connectivity index (χ4n) is 1.22. The molecule has 1 unspecified atom stereocenters. The molecule has 0 rings (SSSR count). The molecule has 0 aromatic heterocycles. The van der Waals surface area contributed by atoms with Crippen molar-refractivity contribution in [2.24, 2.45) is 0 Å². The van der Waals surface area contributed by atoms with Crippen LogP contribution in [0.15, 0.2) is 10.7 Å². The first-order chi connectivity index (χ1) is 7.92. The predicted octanol–water partition coefficient (Wildman–Crippen LogP) is 2.08. The second-order valence-electron chi connectivity index (χ2n) is 4.04. The molecule has 5 heteroatoms. The van der Waals surface area contributed by atoms with Crippen molar-refractivity contribution < 1.29 is 9.53 Å². The van der Waals surface area contributed by atoms with Gasteiger partial charge in [-0.15, -0.1) is 0 Å². The Hall–Kier alpha value is -0.680. The van der Waals surface area contributed by atoms with E-state index < -0.39 is 0 Å². The molecule has 0 aromatic rings. The van der Waals surface area contributed by atoms with E-state index in [1.165, 1.54) is 11.8 Å². The molecule has 1 atom stereocenters. The van der Waals surface area contributed by atoms with Crippen LogP contribution in [0.25, 0.3) is 0 Å². The van der Waals surface area contributed by atoms with E-state index in [1.807, 2.05) is 27.7 Å². The van der Waals surface area contributed by atoms with Crippen LogP contribution in [0.1, 0.15) is 34.6 Å². The van der Waals surface area contributed by atoms with Gasteiger partial charge in [0.25, 0.3) is 5.91 Å². The number of allylic oxidation sites excluding steroid dienone is 1. The van der Waals surface area contributed by atoms with Gasteiger partial charge in [-0.25, -0.2) is 0 Å². The molecule has 4 nitrogen and oxygen atoms in total. The highest BCUT2D eigenvalue weighted by molar-refractivity contribution is 8.04. The summed E-state index contributed by atoms with van der Waals surface area (Å²) in [5.41, 5.74) is 0. The van der Waals surface area contributed by atoms with E-state index in [2.05, 4.69) is 10.6 Å². The fraction of sp³-hybridized carbons (Fsp3) is 0.750. The molecule has 2 N–H and O–H groups in total. The molecule has 0 saturated carbocycles. The van der Waals surface area contributed by atoms with Gasteiger partial charge in [-0.05, 0) is 34.2 Å². The predicted molar refractivity (Wildman–Crippen MR) is 73.7 cm³/mol. The fourth-order valence-corrected chi connectivity index (χ4v) is 2.24. The van der Waals surface area contributed by atoms with E-state index in [0.717, 1.165) is 6.54 Å². The van der Waals surface area contributed by atoms with Crippen LogP contribution in [-0.2, 0) is 9.53 Å². The number of hydrogen-bond donors (Lipinski definition) is 2. The van der Waals surface area contributed by atoms with Crippen molar-refractivity contribution >= 4 is 17.7 Å². The Kier molecular flexibility index (Phi) is 8.08. The van der Waals surface area contributed by atoms with Crippen LogP contribution in [0.5, 0.6) is 0 Å². The Morgan fingerprint density at radius 3 is 2.35 bits per heavy atom. The molecule has 0 saturated heterocycles. The van der Waals surface area contributed by atoms with Gasteiger partial charge in [-0.1, -0.05) is 18.7 Å². The second-order valence-corrected chi connectivity index (χ2v) is 5.39. The van der Waals surface area contributed by atoms with Crippen molar-refractivity contribution in [3.8, 4) is 0 Å². The van der Waals surface area contributed by atoms with E-state index in [9.17, 15) is 4.79 Å². The molecule has 0 heterocycles. The standard InChI is InChI=1S/C12H24N2O2S/c1-7-13-10(5)17-11(9(4)16-6)12(15)14-8(2)3/h8,10,13H,7H2,1-6H3,(H,14,15)/b11-9+. The van der Waals surface area contributed by atoms with Crippen LogP contribution >= 0.6 is 11.8 Å². The summed E-state index contributed by atoms with van der Waals surface area (Å²) < 4.78 is 5.16. The molecule has 0 bridgehead atoms. The van der Waals surface area contributed by atoms with Gasteiger partial charge in [0, 0.05) is 6.04 Å². The van der Waals surface area contributed by atoms with Gasteiger partial charge in [-0.3, -0.25) is 4.79 Å². The van der Waals surface area contributed by atoms with Crippen LogP contribution in [0.3, 0.4) is 0 Å². The summed E-state index contributed by atoms with van der Waals surface area (Å²) in [6.07, 6.45) is 0. The topological polar surface area (TPSA) is 50.4 Å². The Morgan fingerprint density at radius 2 is 1.94 bits per heavy atom. The van der Waals surface area contributed by atoms with Gasteiger partial charge in [0.1, 0.15) is 10.7 Å². The summed E-state index contributed by atoms with van der Waals surface area (Å²) in [6.45, 7) is 10.6. The molecule has 0 fully saturated rings. The van der Waals surface area contributed by atoms with E-state index in [-0.39, 0.29) is 17.3 Å². The third-order valence-electron chi connectivity index (χ3n) is 2.04. The summed E-state index contributed by atoms with van der Waals surface area (Å²) in [4.78, 5) is 12.6. The number of carbonyl (C=O) groups excluding carboxylic acids is 1. The van der Waals surface area contributed by atoms with Crippen LogP contribution < -0.4 is 10.6 Å². The quantitative estimate of drug-likeness (QED) is 0.418. The Balaban J connectivity index is 4.73. The highest BCUT2D eigenvalue weighted by atomic mass is 32.2. The zero-order chi connectivity index (χ0) is 13.4. The van der Waals surface area contributed by atoms with Crippen LogP contribution in [0.2, 0.25) is 0 Å². The van der Waals surface area contributed by atoms with Gasteiger partial charge in [0.2, 0.25) is 0 Å². The molecule has 1 amide bonds. The van der Waals surface area contributed by atoms with Crippen molar-refractivity contribution in [1.29, 1.82) is 0 Å². The average molecular weight is 260 g/mol. The zero-order valence-corrected chi connectivity index (χ0v) is 12.4. The molecule has 0 aliphatic heterocycles. The summed E-state index contributed by atoms with van der Waals surface area (Å²) in [7, 11) is 1.58. The third-order valence-corrected chi connectivity index (χ3v) is 3.27. The lowest BCUT2D eigenvalue weighted by molar-refractivity contribution is -0.117. The molecule has 17 heavy (non-hydrogen) atoms. The van der Waals surface area contributed by atoms with E-state index >= 15 is 0 Å². The van der Waals surface area contributed by atoms with Crippen molar-refractivity contribution in [2.75, 3.05) is 13.7 Å². The Bertz CT molecular complexity index is 278. The van der Waals surface area contributed by atoms with Gasteiger partial charge >= 0.3 is 0 Å². The van der Waals surface area contributed by atoms with E-state index in [0.29, 0.717) is 10.7 Å². The van der Waals surface area contributed by atoms with Crippen molar-refractivity contribution in [3.63, 3.8) is 0 Å². The molecular formula is C12H24N2O2S. The normalized spacial score (nSPS) is 14.3. The highest BCUT2D eigenvalue weighted by Crippen LogP contribution is 2.24. The van der Waals surface area contributed by atoms with Crippen LogP contribution in [0.4, 0.5) is 0 Å². The number of rotatable bonds is 7. The molecule has 100 valence electrons. The van der Waals surface area contributed by atoms with E-state index in [1.54, 1.807) is 14.0 Å². The summed E-state index contributed by atoms with van der Waals surface area (Å²) in [5, 5.41) is 6.32. The lowest BCUT2D eigenvalue weighted by Crippen LogP contribution is -2.33. The molecule has 0 spiro atoms. The minimum absolute atomic E-state index is 0.0749. The lowest BCUT2D eigenvalue weighted by atomic mass is 10.3. The smallest absolute Gasteiger partial charge is 0.261 e. The number of carbonyl (C=O) groups is 1. The number of ether oxygens (including phenoxy) is 1. The molecule has 0 aliphatic rings. The second kappa shape index (κ2) is 8.42. The largest absolute Gasteiger partial charge is 0.500 e. The van der Waals surface area contributed by atoms with Crippen LogP contribution in [0, 0.1) is 0 Å². The maximum absolute atomic E-state index is 12.0. The van der Waals surface area contributed by atoms with Gasteiger partial charge < -0.3 is 15.4 Å². The van der Waals surface area contributed by atoms with Gasteiger partial charge in [0.05, 0.1) is 12.5 Å². The average Bonchev–Trinajstić information content (AvgIpc) is 2.24. The van der Waals surface area contributed by atoms with Gasteiger partial charge in [0.15, 0.2) is 0 Å². The minimum Gasteiger partial charge on any atom is -0.500 e. The van der Waals surface area contributed by atoms with Gasteiger partial charge in [-0.2, -0.15) is 0 Å². The van der Waals surface area contributed by atoms with E-state index in [4.69, 9.17) is 4.74 Å². The molecule has 0 aliphatic carbocycles. The molecular weight excluding hydrogens is 236 g/mol. The maximum atomic E-state index is 12.0. The minimum atomic E-state index is -0.0749. The van der Waals surface area contributed by atoms with Crippen molar-refractivity contribution in [1.82, 2.24) is 10.6 Å². The Morgan fingerprint density at radius 1 is 1.35 bits per heavy atom. The first-order valence-corrected chi connectivity index (χ1v) is 6.76. The number of methoxy groups -OCH3 is 1. The first kappa shape index (κ1) is 16.3. The van der Waals surface area contributed by atoms with Crippen LogP contribution in [-0.4, -0.2) is 31.0 Å². The first-order valence-electron chi connectivity index (χ1n) is 5.88. The summed E-state index contributed by atoms with van der Waals surface area (Å²) in [5.74, 6) is 0.576. The summed E-state index contributed by atoms with van der Waals surface area (Å²) in [6, 6.07) is 0.122.